The Kier molecular flexibility index (Phi) is 6.95. The molecular weight excluding hydrogens is 455 g/mol. The van der Waals surface area contributed by atoms with E-state index in [2.05, 4.69) is 26.2 Å². The zero-order valence-corrected chi connectivity index (χ0v) is 18.6. The Bertz CT molecular complexity index is 1040. The molecule has 28 heavy (non-hydrogen) atoms. The first-order valence-electron chi connectivity index (χ1n) is 8.72. The molecule has 0 aliphatic heterocycles. The SMILES string of the molecule is Cc1ccc(N=C/C=C(/Nc2ccc(C)c(Cl)c2)c2ccc(Br)cc2)cc1Cl. The Morgan fingerprint density at radius 2 is 1.54 bits per heavy atom. The highest BCUT2D eigenvalue weighted by molar-refractivity contribution is 9.10. The summed E-state index contributed by atoms with van der Waals surface area (Å²) in [5, 5.41) is 4.87. The minimum Gasteiger partial charge on any atom is -0.355 e. The fourth-order valence-electron chi connectivity index (χ4n) is 2.53. The molecule has 142 valence electrons. The lowest BCUT2D eigenvalue weighted by molar-refractivity contribution is 1.44. The maximum Gasteiger partial charge on any atom is 0.0644 e. The molecule has 0 amide bonds. The summed E-state index contributed by atoms with van der Waals surface area (Å²) >= 11 is 15.9. The first kappa shape index (κ1) is 20.7. The molecule has 0 radical (unpaired) electrons. The Balaban J connectivity index is 1.91. The van der Waals surface area contributed by atoms with Gasteiger partial charge in [-0.3, -0.25) is 4.99 Å². The molecule has 0 bridgehead atoms. The summed E-state index contributed by atoms with van der Waals surface area (Å²) in [7, 11) is 0. The third-order valence-corrected chi connectivity index (χ3v) is 5.57. The number of hydrogen-bond acceptors (Lipinski definition) is 2. The van der Waals surface area contributed by atoms with Crippen molar-refractivity contribution in [3.05, 3.63) is 97.9 Å². The number of aliphatic imine (C=N–C) groups is 1. The molecule has 0 spiro atoms. The van der Waals surface area contributed by atoms with Crippen LogP contribution in [0.4, 0.5) is 11.4 Å². The third kappa shape index (κ3) is 5.48. The van der Waals surface area contributed by atoms with Crippen molar-refractivity contribution in [1.82, 2.24) is 0 Å². The van der Waals surface area contributed by atoms with Gasteiger partial charge in [-0.25, -0.2) is 0 Å². The van der Waals surface area contributed by atoms with E-state index in [0.29, 0.717) is 5.02 Å². The summed E-state index contributed by atoms with van der Waals surface area (Å²) in [6.45, 7) is 3.95. The van der Waals surface area contributed by atoms with E-state index in [1.54, 1.807) is 6.21 Å². The minimum absolute atomic E-state index is 0.708. The van der Waals surface area contributed by atoms with Gasteiger partial charge in [0.15, 0.2) is 0 Å². The van der Waals surface area contributed by atoms with Gasteiger partial charge in [-0.1, -0.05) is 63.4 Å². The van der Waals surface area contributed by atoms with Crippen molar-refractivity contribution in [2.45, 2.75) is 13.8 Å². The standard InChI is InChI=1S/C23H19BrCl2N2/c1-15-3-9-19(13-21(15)25)27-12-11-23(17-5-7-18(24)8-6-17)28-20-10-4-16(2)22(26)14-20/h3-14,28H,1-2H3/b23-11+,27-12?. The molecule has 3 rings (SSSR count). The molecule has 3 aromatic carbocycles. The summed E-state index contributed by atoms with van der Waals surface area (Å²) in [5.74, 6) is 0. The van der Waals surface area contributed by atoms with E-state index in [0.717, 1.165) is 43.3 Å². The Morgan fingerprint density at radius 3 is 2.18 bits per heavy atom. The van der Waals surface area contributed by atoms with Crippen molar-refractivity contribution < 1.29 is 0 Å². The van der Waals surface area contributed by atoms with Gasteiger partial charge in [0.2, 0.25) is 0 Å². The number of halogens is 3. The first-order valence-corrected chi connectivity index (χ1v) is 10.3. The van der Waals surface area contributed by atoms with E-state index < -0.39 is 0 Å². The van der Waals surface area contributed by atoms with Crippen molar-refractivity contribution in [2.75, 3.05) is 5.32 Å². The fraction of sp³-hybridized carbons (Fsp3) is 0.0870. The smallest absolute Gasteiger partial charge is 0.0644 e. The Morgan fingerprint density at radius 1 is 0.893 bits per heavy atom. The van der Waals surface area contributed by atoms with Crippen LogP contribution >= 0.6 is 39.1 Å². The molecule has 0 fully saturated rings. The Labute approximate surface area is 184 Å². The average molecular weight is 474 g/mol. The molecule has 0 saturated heterocycles. The Hall–Kier alpha value is -2.07. The molecule has 0 saturated carbocycles. The fourth-order valence-corrected chi connectivity index (χ4v) is 3.15. The van der Waals surface area contributed by atoms with Crippen LogP contribution in [-0.2, 0) is 0 Å². The summed E-state index contributed by atoms with van der Waals surface area (Å²) in [5.41, 5.74) is 5.74. The first-order chi connectivity index (χ1) is 13.4. The second-order valence-electron chi connectivity index (χ2n) is 6.39. The van der Waals surface area contributed by atoms with Gasteiger partial charge < -0.3 is 5.32 Å². The van der Waals surface area contributed by atoms with Crippen LogP contribution in [0.1, 0.15) is 16.7 Å². The molecule has 0 aromatic heterocycles. The molecule has 3 aromatic rings. The van der Waals surface area contributed by atoms with Crippen molar-refractivity contribution >= 4 is 62.4 Å². The normalized spacial score (nSPS) is 11.8. The van der Waals surface area contributed by atoms with E-state index in [9.17, 15) is 0 Å². The van der Waals surface area contributed by atoms with Gasteiger partial charge in [-0.2, -0.15) is 0 Å². The van der Waals surface area contributed by atoms with E-state index in [1.165, 1.54) is 0 Å². The summed E-state index contributed by atoms with van der Waals surface area (Å²) in [4.78, 5) is 4.50. The van der Waals surface area contributed by atoms with Gasteiger partial charge in [0, 0.05) is 32.1 Å². The van der Waals surface area contributed by atoms with Crippen LogP contribution in [0.2, 0.25) is 10.0 Å². The topological polar surface area (TPSA) is 24.4 Å². The maximum atomic E-state index is 6.27. The molecule has 5 heteroatoms. The molecule has 0 aliphatic carbocycles. The molecule has 0 atom stereocenters. The predicted octanol–water partition coefficient (Wildman–Crippen LogP) is 8.23. The van der Waals surface area contributed by atoms with Crippen molar-refractivity contribution in [3.63, 3.8) is 0 Å². The number of allylic oxidation sites excluding steroid dienone is 1. The number of rotatable bonds is 5. The second-order valence-corrected chi connectivity index (χ2v) is 8.12. The van der Waals surface area contributed by atoms with E-state index >= 15 is 0 Å². The second kappa shape index (κ2) is 9.42. The summed E-state index contributed by atoms with van der Waals surface area (Å²) in [6, 6.07) is 19.8. The van der Waals surface area contributed by atoms with E-state index in [-0.39, 0.29) is 0 Å². The van der Waals surface area contributed by atoms with Crippen LogP contribution in [0.15, 0.2) is 76.2 Å². The third-order valence-electron chi connectivity index (χ3n) is 4.23. The zero-order chi connectivity index (χ0) is 20.1. The number of anilines is 1. The largest absolute Gasteiger partial charge is 0.355 e. The molecule has 0 heterocycles. The number of benzene rings is 3. The highest BCUT2D eigenvalue weighted by Gasteiger charge is 2.04. The molecule has 1 N–H and O–H groups in total. The maximum absolute atomic E-state index is 6.27. The van der Waals surface area contributed by atoms with Gasteiger partial charge in [0.25, 0.3) is 0 Å². The summed E-state index contributed by atoms with van der Waals surface area (Å²) < 4.78 is 1.02. The van der Waals surface area contributed by atoms with Gasteiger partial charge >= 0.3 is 0 Å². The van der Waals surface area contributed by atoms with Crippen molar-refractivity contribution in [1.29, 1.82) is 0 Å². The number of hydrogen-bond donors (Lipinski definition) is 1. The van der Waals surface area contributed by atoms with Crippen LogP contribution in [0.25, 0.3) is 5.70 Å². The lowest BCUT2D eigenvalue weighted by Gasteiger charge is -2.12. The molecule has 0 unspecified atom stereocenters. The molecule has 0 aliphatic rings. The van der Waals surface area contributed by atoms with Crippen LogP contribution in [-0.4, -0.2) is 6.21 Å². The quantitative estimate of drug-likeness (QED) is 0.370. The van der Waals surface area contributed by atoms with Crippen LogP contribution in [0.5, 0.6) is 0 Å². The minimum atomic E-state index is 0.708. The predicted molar refractivity (Wildman–Crippen MR) is 126 cm³/mol. The zero-order valence-electron chi connectivity index (χ0n) is 15.5. The lowest BCUT2D eigenvalue weighted by Crippen LogP contribution is -1.99. The molecule has 2 nitrogen and oxygen atoms in total. The number of nitrogens with one attached hydrogen (secondary N) is 1. The lowest BCUT2D eigenvalue weighted by atomic mass is 10.1. The number of nitrogens with zero attached hydrogens (tertiary/aromatic N) is 1. The van der Waals surface area contributed by atoms with Gasteiger partial charge in [0.1, 0.15) is 0 Å². The van der Waals surface area contributed by atoms with E-state index in [4.69, 9.17) is 23.2 Å². The van der Waals surface area contributed by atoms with Gasteiger partial charge in [0.05, 0.1) is 5.69 Å². The highest BCUT2D eigenvalue weighted by atomic mass is 79.9. The van der Waals surface area contributed by atoms with Gasteiger partial charge in [-0.05, 0) is 73.0 Å². The number of aryl methyl sites for hydroxylation is 2. The molecular formula is C23H19BrCl2N2. The van der Waals surface area contributed by atoms with Gasteiger partial charge in [-0.15, -0.1) is 0 Å². The van der Waals surface area contributed by atoms with Crippen LogP contribution in [0.3, 0.4) is 0 Å². The van der Waals surface area contributed by atoms with E-state index in [1.807, 2.05) is 80.6 Å². The van der Waals surface area contributed by atoms with Crippen LogP contribution < -0.4 is 5.32 Å². The highest BCUT2D eigenvalue weighted by Crippen LogP contribution is 2.25. The average Bonchev–Trinajstić information content (AvgIpc) is 2.67. The van der Waals surface area contributed by atoms with Crippen LogP contribution in [0, 0.1) is 13.8 Å². The monoisotopic (exact) mass is 472 g/mol. The van der Waals surface area contributed by atoms with Crippen molar-refractivity contribution in [2.24, 2.45) is 4.99 Å². The summed E-state index contributed by atoms with van der Waals surface area (Å²) in [6.07, 6.45) is 3.70. The van der Waals surface area contributed by atoms with Crippen molar-refractivity contribution in [3.8, 4) is 0 Å².